The third-order valence-electron chi connectivity index (χ3n) is 7.38. The van der Waals surface area contributed by atoms with Gasteiger partial charge in [0.25, 0.3) is 5.91 Å². The molecule has 1 saturated heterocycles. The number of nitrogens with zero attached hydrogens (tertiary/aromatic N) is 3. The van der Waals surface area contributed by atoms with Crippen LogP contribution in [-0.2, 0) is 39.9 Å². The highest BCUT2D eigenvalue weighted by atomic mass is 32.1. The fraction of sp³-hybridized carbons (Fsp3) is 0.677. The van der Waals surface area contributed by atoms with E-state index in [4.69, 9.17) is 29.9 Å². The Morgan fingerprint density at radius 1 is 1.05 bits per heavy atom. The van der Waals surface area contributed by atoms with Crippen molar-refractivity contribution in [1.82, 2.24) is 9.96 Å². The number of carboxylic acids is 1. The minimum absolute atomic E-state index is 0.0178. The second kappa shape index (κ2) is 19.5. The number of piperidine rings is 1. The maximum atomic E-state index is 13.1. The molecule has 3 N–H and O–H groups in total. The molecule has 1 fully saturated rings. The number of carbonyl (C=O) groups is 3. The summed E-state index contributed by atoms with van der Waals surface area (Å²) in [6.07, 6.45) is 7.28. The topological polar surface area (TPSA) is 153 Å². The molecule has 0 unspecified atom stereocenters. The minimum Gasteiger partial charge on any atom is -0.481 e. The second-order valence-corrected chi connectivity index (χ2v) is 12.0. The molecular formula is C31H48N4O8S. The van der Waals surface area contributed by atoms with E-state index >= 15 is 0 Å². The normalized spacial score (nSPS) is 15.4. The Balaban J connectivity index is 1.34. The smallest absolute Gasteiger partial charge is 0.305 e. The Bertz CT molecular complexity index is 1120. The van der Waals surface area contributed by atoms with E-state index in [2.05, 4.69) is 11.1 Å². The highest BCUT2D eigenvalue weighted by Crippen LogP contribution is 2.36. The lowest BCUT2D eigenvalue weighted by molar-refractivity contribution is -0.180. The van der Waals surface area contributed by atoms with Gasteiger partial charge < -0.3 is 30.0 Å². The number of carboxylic acid groups (broad SMARTS) is 1. The van der Waals surface area contributed by atoms with E-state index in [9.17, 15) is 14.4 Å². The average Bonchev–Trinajstić information content (AvgIpc) is 3.30. The van der Waals surface area contributed by atoms with Crippen molar-refractivity contribution in [2.75, 3.05) is 65.9 Å². The summed E-state index contributed by atoms with van der Waals surface area (Å²) in [5.74, 6) is 0.0496. The molecule has 1 aromatic heterocycles. The summed E-state index contributed by atoms with van der Waals surface area (Å²) in [6.45, 7) is 8.39. The van der Waals surface area contributed by atoms with Gasteiger partial charge in [0.15, 0.2) is 0 Å². The highest BCUT2D eigenvalue weighted by molar-refractivity contribution is 7.13. The van der Waals surface area contributed by atoms with Gasteiger partial charge in [0.1, 0.15) is 5.84 Å². The van der Waals surface area contributed by atoms with Crippen LogP contribution in [0.1, 0.15) is 68.5 Å². The molecule has 0 bridgehead atoms. The summed E-state index contributed by atoms with van der Waals surface area (Å²) in [5.41, 5.74) is 7.60. The summed E-state index contributed by atoms with van der Waals surface area (Å²) in [4.78, 5) is 50.4. The van der Waals surface area contributed by atoms with E-state index in [1.54, 1.807) is 11.3 Å². The van der Waals surface area contributed by atoms with E-state index in [0.717, 1.165) is 55.8 Å². The van der Waals surface area contributed by atoms with E-state index in [0.29, 0.717) is 76.4 Å². The second-order valence-electron chi connectivity index (χ2n) is 10.8. The summed E-state index contributed by atoms with van der Waals surface area (Å²) in [5, 5.41) is 9.97. The van der Waals surface area contributed by atoms with Crippen molar-refractivity contribution in [3.8, 4) is 0 Å². The van der Waals surface area contributed by atoms with Crippen molar-refractivity contribution in [2.45, 2.75) is 65.2 Å². The van der Waals surface area contributed by atoms with E-state index in [-0.39, 0.29) is 24.8 Å². The number of hydrogen-bond acceptors (Lipinski definition) is 10. The number of aryl methyl sites for hydroxylation is 1. The first-order chi connectivity index (χ1) is 21.3. The number of amidine groups is 1. The third-order valence-corrected chi connectivity index (χ3v) is 8.51. The molecule has 2 aliphatic rings. The zero-order valence-corrected chi connectivity index (χ0v) is 26.9. The van der Waals surface area contributed by atoms with Crippen molar-refractivity contribution >= 4 is 46.7 Å². The molecule has 2 amide bonds. The maximum Gasteiger partial charge on any atom is 0.305 e. The largest absolute Gasteiger partial charge is 0.481 e. The molecule has 1 aromatic rings. The van der Waals surface area contributed by atoms with Crippen molar-refractivity contribution < 1.29 is 38.5 Å². The van der Waals surface area contributed by atoms with Gasteiger partial charge in [-0.1, -0.05) is 6.92 Å². The number of amides is 2. The van der Waals surface area contributed by atoms with Crippen LogP contribution in [0.25, 0.3) is 6.08 Å². The Labute approximate surface area is 264 Å². The molecule has 12 nitrogen and oxygen atoms in total. The van der Waals surface area contributed by atoms with Gasteiger partial charge in [-0.15, -0.1) is 11.3 Å². The maximum absolute atomic E-state index is 13.1. The van der Waals surface area contributed by atoms with Gasteiger partial charge in [0.2, 0.25) is 5.91 Å². The van der Waals surface area contributed by atoms with Crippen molar-refractivity contribution in [3.63, 3.8) is 0 Å². The van der Waals surface area contributed by atoms with Gasteiger partial charge in [-0.25, -0.2) is 10.1 Å². The molecule has 44 heavy (non-hydrogen) atoms. The number of fused-ring (bicyclic) bond motifs is 1. The predicted octanol–water partition coefficient (Wildman–Crippen LogP) is 3.80. The van der Waals surface area contributed by atoms with E-state index in [1.165, 1.54) is 9.94 Å². The molecule has 246 valence electrons. The summed E-state index contributed by atoms with van der Waals surface area (Å²) >= 11 is 1.66. The molecule has 3 rings (SSSR count). The molecule has 0 spiro atoms. The highest BCUT2D eigenvalue weighted by Gasteiger charge is 2.25. The number of hydrogen-bond donors (Lipinski definition) is 2. The number of thiophene rings is 1. The van der Waals surface area contributed by atoms with Crippen LogP contribution in [0.5, 0.6) is 0 Å². The van der Waals surface area contributed by atoms with Crippen LogP contribution >= 0.6 is 11.3 Å². The molecule has 0 saturated carbocycles. The molecule has 0 radical (unpaired) electrons. The number of aliphatic carboxylic acids is 1. The first kappa shape index (κ1) is 35.6. The lowest BCUT2D eigenvalue weighted by Gasteiger charge is -2.32. The fourth-order valence-electron chi connectivity index (χ4n) is 5.08. The first-order valence-corrected chi connectivity index (χ1v) is 16.5. The number of likely N-dealkylation sites (tertiary alicyclic amines) is 1. The lowest BCUT2D eigenvalue weighted by atomic mass is 9.92. The number of ether oxygens (including phenoxy) is 3. The molecule has 3 heterocycles. The van der Waals surface area contributed by atoms with Crippen molar-refractivity contribution in [3.05, 3.63) is 21.4 Å². The number of nitrogens with two attached hydrogens (primary N) is 1. The molecule has 13 heteroatoms. The van der Waals surface area contributed by atoms with Crippen LogP contribution in [0.4, 0.5) is 5.69 Å². The third kappa shape index (κ3) is 12.3. The van der Waals surface area contributed by atoms with Gasteiger partial charge in [-0.2, -0.15) is 0 Å². The van der Waals surface area contributed by atoms with Gasteiger partial charge in [0, 0.05) is 36.5 Å². The number of carbonyl (C=O) groups excluding carboxylic acids is 2. The Morgan fingerprint density at radius 3 is 2.34 bits per heavy atom. The molecule has 2 aliphatic heterocycles. The Morgan fingerprint density at radius 2 is 1.70 bits per heavy atom. The van der Waals surface area contributed by atoms with Crippen molar-refractivity contribution in [2.24, 2.45) is 16.6 Å². The van der Waals surface area contributed by atoms with Crippen molar-refractivity contribution in [1.29, 1.82) is 0 Å². The number of hydroxylamine groups is 2. The van der Waals surface area contributed by atoms with Gasteiger partial charge in [0.05, 0.1) is 69.7 Å². The first-order valence-electron chi connectivity index (χ1n) is 15.6. The van der Waals surface area contributed by atoms with E-state index in [1.807, 2.05) is 24.8 Å². The van der Waals surface area contributed by atoms with Crippen LogP contribution in [0, 0.1) is 5.92 Å². The summed E-state index contributed by atoms with van der Waals surface area (Å²) in [6, 6.07) is 2.09. The molecular weight excluding hydrogens is 588 g/mol. The Kier molecular flexibility index (Phi) is 15.8. The molecule has 0 aliphatic carbocycles. The van der Waals surface area contributed by atoms with Gasteiger partial charge in [-0.05, 0) is 57.1 Å². The van der Waals surface area contributed by atoms with Crippen LogP contribution in [0.15, 0.2) is 16.6 Å². The van der Waals surface area contributed by atoms with E-state index < -0.39 is 5.97 Å². The number of aliphatic imine (C=N–C) groups is 1. The lowest BCUT2D eigenvalue weighted by Crippen LogP contribution is -2.39. The summed E-state index contributed by atoms with van der Waals surface area (Å²) < 4.78 is 16.1. The van der Waals surface area contributed by atoms with Crippen LogP contribution < -0.4 is 5.73 Å². The van der Waals surface area contributed by atoms with Crippen LogP contribution in [-0.4, -0.2) is 105 Å². The predicted molar refractivity (Wildman–Crippen MR) is 169 cm³/mol. The minimum atomic E-state index is -0.884. The Hall–Kier alpha value is -2.84. The molecule has 0 aromatic carbocycles. The SMILES string of the molecule is CCCN(OCC)C(=O)C1=Cc2sc(CCC3CCN(C(=O)CCOCCOCCOCCC(=O)O)CC3)cc2N=C(N)C1. The quantitative estimate of drug-likeness (QED) is 0.161. The summed E-state index contributed by atoms with van der Waals surface area (Å²) in [7, 11) is 0. The zero-order valence-electron chi connectivity index (χ0n) is 26.1. The van der Waals surface area contributed by atoms with Crippen LogP contribution in [0.2, 0.25) is 0 Å². The standard InChI is InChI=1S/C31H48N4O8S/c1-3-11-35(43-4-2)31(39)24-20-27-26(33-28(32)21-24)22-25(44-27)6-5-23-7-12-34(13-8-23)29(36)9-14-40-16-18-42-19-17-41-15-10-30(37)38/h20,22-23H,3-19,21H2,1-2H3,(H2,32,33)(H,37,38). The fourth-order valence-corrected chi connectivity index (χ4v) is 6.16. The average molecular weight is 637 g/mol. The van der Waals surface area contributed by atoms with Crippen LogP contribution in [0.3, 0.4) is 0 Å². The van der Waals surface area contributed by atoms with Gasteiger partial charge in [-0.3, -0.25) is 19.2 Å². The monoisotopic (exact) mass is 636 g/mol. The van der Waals surface area contributed by atoms with Gasteiger partial charge >= 0.3 is 5.97 Å². The molecule has 0 atom stereocenters. The number of rotatable bonds is 20. The zero-order chi connectivity index (χ0) is 31.7.